The zero-order valence-electron chi connectivity index (χ0n) is 10.8. The summed E-state index contributed by atoms with van der Waals surface area (Å²) in [4.78, 5) is 12.2. The van der Waals surface area contributed by atoms with Crippen LogP contribution in [-0.4, -0.2) is 12.5 Å². The van der Waals surface area contributed by atoms with Gasteiger partial charge in [-0.25, -0.2) is 0 Å². The van der Waals surface area contributed by atoms with Gasteiger partial charge in [-0.15, -0.1) is 0 Å². The third-order valence-electron chi connectivity index (χ3n) is 3.34. The predicted molar refractivity (Wildman–Crippen MR) is 79.2 cm³/mol. The number of anilines is 1. The highest BCUT2D eigenvalue weighted by Crippen LogP contribution is 2.30. The minimum atomic E-state index is -0.193. The van der Waals surface area contributed by atoms with E-state index in [0.29, 0.717) is 18.1 Å². The number of carbonyl (C=O) groups excluding carboxylic acids is 1. The molecule has 2 aromatic rings. The van der Waals surface area contributed by atoms with Gasteiger partial charge in [-0.1, -0.05) is 29.8 Å². The number of ether oxygens (including phenoxy) is 1. The predicted octanol–water partition coefficient (Wildman–Crippen LogP) is 3.53. The third-order valence-corrected chi connectivity index (χ3v) is 3.58. The van der Waals surface area contributed by atoms with Crippen molar-refractivity contribution in [3.05, 3.63) is 59.1 Å². The van der Waals surface area contributed by atoms with Gasteiger partial charge in [0, 0.05) is 10.7 Å². The first-order valence-corrected chi connectivity index (χ1v) is 6.87. The largest absolute Gasteiger partial charge is 0.492 e. The molecule has 0 saturated carbocycles. The van der Waals surface area contributed by atoms with E-state index >= 15 is 0 Å². The number of hydrogen-bond donors (Lipinski definition) is 1. The Bertz CT molecular complexity index is 628. The van der Waals surface area contributed by atoms with Crippen molar-refractivity contribution < 1.29 is 9.53 Å². The molecule has 1 N–H and O–H groups in total. The summed E-state index contributed by atoms with van der Waals surface area (Å²) in [5, 5.41) is 3.57. The number of benzene rings is 2. The lowest BCUT2D eigenvalue weighted by Gasteiger charge is -2.24. The van der Waals surface area contributed by atoms with E-state index in [9.17, 15) is 4.79 Å². The zero-order valence-corrected chi connectivity index (χ0v) is 11.6. The van der Waals surface area contributed by atoms with Crippen molar-refractivity contribution in [1.29, 1.82) is 0 Å². The van der Waals surface area contributed by atoms with E-state index in [0.717, 1.165) is 17.0 Å². The van der Waals surface area contributed by atoms with Gasteiger partial charge in [-0.05, 0) is 42.3 Å². The number of amides is 1. The second kappa shape index (κ2) is 5.55. The number of carbonyl (C=O) groups is 1. The van der Waals surface area contributed by atoms with Crippen LogP contribution in [0.5, 0.6) is 5.75 Å². The van der Waals surface area contributed by atoms with E-state index in [2.05, 4.69) is 5.32 Å². The maximum absolute atomic E-state index is 12.2. The summed E-state index contributed by atoms with van der Waals surface area (Å²) >= 11 is 5.98. The minimum absolute atomic E-state index is 0.0261. The highest BCUT2D eigenvalue weighted by Gasteiger charge is 2.26. The fourth-order valence-corrected chi connectivity index (χ4v) is 2.49. The SMILES string of the molecule is O=C(Nc1ccccc1)[C@@H]1COc2ccc(Cl)cc2C1. The van der Waals surface area contributed by atoms with Crippen LogP contribution in [0.3, 0.4) is 0 Å². The minimum Gasteiger partial charge on any atom is -0.492 e. The number of halogens is 1. The Labute approximate surface area is 122 Å². The van der Waals surface area contributed by atoms with Crippen molar-refractivity contribution in [2.24, 2.45) is 5.92 Å². The molecule has 0 unspecified atom stereocenters. The van der Waals surface area contributed by atoms with Crippen LogP contribution in [0, 0.1) is 5.92 Å². The molecule has 1 amide bonds. The molecule has 3 rings (SSSR count). The van der Waals surface area contributed by atoms with Gasteiger partial charge in [0.25, 0.3) is 0 Å². The maximum Gasteiger partial charge on any atom is 0.231 e. The molecule has 102 valence electrons. The lowest BCUT2D eigenvalue weighted by atomic mass is 9.96. The van der Waals surface area contributed by atoms with E-state index in [4.69, 9.17) is 16.3 Å². The molecule has 3 nitrogen and oxygen atoms in total. The van der Waals surface area contributed by atoms with Gasteiger partial charge in [0.15, 0.2) is 0 Å². The van der Waals surface area contributed by atoms with Crippen molar-refractivity contribution in [1.82, 2.24) is 0 Å². The van der Waals surface area contributed by atoms with Gasteiger partial charge in [0.2, 0.25) is 5.91 Å². The molecule has 20 heavy (non-hydrogen) atoms. The average Bonchev–Trinajstić information content (AvgIpc) is 2.47. The normalized spacial score (nSPS) is 16.9. The van der Waals surface area contributed by atoms with Crippen molar-refractivity contribution >= 4 is 23.2 Å². The van der Waals surface area contributed by atoms with Crippen LogP contribution in [-0.2, 0) is 11.2 Å². The standard InChI is InChI=1S/C16H14ClNO2/c17-13-6-7-15-11(9-13)8-12(10-20-15)16(19)18-14-4-2-1-3-5-14/h1-7,9,12H,8,10H2,(H,18,19)/t12-/m0/s1. The second-order valence-electron chi connectivity index (χ2n) is 4.82. The smallest absolute Gasteiger partial charge is 0.231 e. The molecule has 0 radical (unpaired) electrons. The van der Waals surface area contributed by atoms with Gasteiger partial charge in [0.1, 0.15) is 12.4 Å². The molecule has 1 aliphatic heterocycles. The van der Waals surface area contributed by atoms with Crippen LogP contribution in [0.15, 0.2) is 48.5 Å². The highest BCUT2D eigenvalue weighted by molar-refractivity contribution is 6.30. The zero-order chi connectivity index (χ0) is 13.9. The second-order valence-corrected chi connectivity index (χ2v) is 5.26. The summed E-state index contributed by atoms with van der Waals surface area (Å²) in [6.07, 6.45) is 0.647. The Morgan fingerprint density at radius 1 is 1.20 bits per heavy atom. The van der Waals surface area contributed by atoms with Gasteiger partial charge < -0.3 is 10.1 Å². The summed E-state index contributed by atoms with van der Waals surface area (Å²) in [5.41, 5.74) is 1.78. The molecular formula is C16H14ClNO2. The lowest BCUT2D eigenvalue weighted by molar-refractivity contribution is -0.121. The summed E-state index contributed by atoms with van der Waals surface area (Å²) < 4.78 is 5.63. The number of hydrogen-bond acceptors (Lipinski definition) is 2. The topological polar surface area (TPSA) is 38.3 Å². The maximum atomic E-state index is 12.2. The summed E-state index contributed by atoms with van der Waals surface area (Å²) in [6.45, 7) is 0.396. The van der Waals surface area contributed by atoms with Crippen molar-refractivity contribution in [3.63, 3.8) is 0 Å². The Kier molecular flexibility index (Phi) is 3.61. The van der Waals surface area contributed by atoms with E-state index in [-0.39, 0.29) is 11.8 Å². The number of para-hydroxylation sites is 1. The number of nitrogens with one attached hydrogen (secondary N) is 1. The van der Waals surface area contributed by atoms with Gasteiger partial charge in [0.05, 0.1) is 5.92 Å². The van der Waals surface area contributed by atoms with Crippen LogP contribution in [0.4, 0.5) is 5.69 Å². The quantitative estimate of drug-likeness (QED) is 0.917. The molecule has 1 atom stereocenters. The molecule has 0 aliphatic carbocycles. The van der Waals surface area contributed by atoms with Gasteiger partial charge in [-0.3, -0.25) is 4.79 Å². The fourth-order valence-electron chi connectivity index (χ4n) is 2.30. The molecule has 1 heterocycles. The van der Waals surface area contributed by atoms with E-state index in [1.54, 1.807) is 6.07 Å². The summed E-state index contributed by atoms with van der Waals surface area (Å²) in [5.74, 6) is 0.598. The van der Waals surface area contributed by atoms with Gasteiger partial charge in [-0.2, -0.15) is 0 Å². The Morgan fingerprint density at radius 3 is 2.80 bits per heavy atom. The molecule has 1 aliphatic rings. The fraction of sp³-hybridized carbons (Fsp3) is 0.188. The molecule has 0 saturated heterocycles. The van der Waals surface area contributed by atoms with Crippen LogP contribution < -0.4 is 10.1 Å². The first-order valence-electron chi connectivity index (χ1n) is 6.49. The van der Waals surface area contributed by atoms with Crippen LogP contribution >= 0.6 is 11.6 Å². The third kappa shape index (κ3) is 2.78. The van der Waals surface area contributed by atoms with E-state index in [1.165, 1.54) is 0 Å². The van der Waals surface area contributed by atoms with Crippen molar-refractivity contribution in [2.45, 2.75) is 6.42 Å². The molecule has 2 aromatic carbocycles. The number of rotatable bonds is 2. The van der Waals surface area contributed by atoms with Crippen LogP contribution in [0.1, 0.15) is 5.56 Å². The molecule has 4 heteroatoms. The van der Waals surface area contributed by atoms with Crippen molar-refractivity contribution in [3.8, 4) is 5.75 Å². The van der Waals surface area contributed by atoms with Gasteiger partial charge >= 0.3 is 0 Å². The van der Waals surface area contributed by atoms with Crippen LogP contribution in [0.2, 0.25) is 5.02 Å². The first kappa shape index (κ1) is 13.0. The Morgan fingerprint density at radius 2 is 2.00 bits per heavy atom. The average molecular weight is 288 g/mol. The van der Waals surface area contributed by atoms with E-state index < -0.39 is 0 Å². The molecule has 0 spiro atoms. The Balaban J connectivity index is 1.72. The van der Waals surface area contributed by atoms with Crippen molar-refractivity contribution in [2.75, 3.05) is 11.9 Å². The van der Waals surface area contributed by atoms with Crippen LogP contribution in [0.25, 0.3) is 0 Å². The monoisotopic (exact) mass is 287 g/mol. The molecule has 0 fully saturated rings. The molecular weight excluding hydrogens is 274 g/mol. The molecule has 0 bridgehead atoms. The summed E-state index contributed by atoms with van der Waals surface area (Å²) in [7, 11) is 0. The van der Waals surface area contributed by atoms with E-state index in [1.807, 2.05) is 42.5 Å². The molecule has 0 aromatic heterocycles. The number of fused-ring (bicyclic) bond motifs is 1. The Hall–Kier alpha value is -2.00. The first-order chi connectivity index (χ1) is 9.72. The highest BCUT2D eigenvalue weighted by atomic mass is 35.5. The lowest BCUT2D eigenvalue weighted by Crippen LogP contribution is -2.32. The summed E-state index contributed by atoms with van der Waals surface area (Å²) in [6, 6.07) is 14.9.